The molecule has 0 aliphatic carbocycles. The Balaban J connectivity index is 5.12. The lowest BCUT2D eigenvalue weighted by Crippen LogP contribution is -1.90. The zero-order valence-corrected chi connectivity index (χ0v) is 9.70. The lowest BCUT2D eigenvalue weighted by Gasteiger charge is -2.10. The van der Waals surface area contributed by atoms with Crippen LogP contribution in [0.3, 0.4) is 0 Å². The van der Waals surface area contributed by atoms with E-state index in [9.17, 15) is 0 Å². The van der Waals surface area contributed by atoms with Crippen LogP contribution in [-0.4, -0.2) is 0 Å². The molecule has 0 aliphatic rings. The Morgan fingerprint density at radius 3 is 1.77 bits per heavy atom. The molecule has 0 aromatic heterocycles. The maximum Gasteiger partial charge on any atom is -0.0245 e. The zero-order chi connectivity index (χ0) is 10.4. The van der Waals surface area contributed by atoms with Crippen LogP contribution in [0.5, 0.6) is 0 Å². The summed E-state index contributed by atoms with van der Waals surface area (Å²) in [5.74, 6) is 0. The normalized spacial score (nSPS) is 14.8. The highest BCUT2D eigenvalue weighted by atomic mass is 14.1. The fourth-order valence-corrected chi connectivity index (χ4v) is 1.33. The van der Waals surface area contributed by atoms with Gasteiger partial charge in [0.15, 0.2) is 0 Å². The van der Waals surface area contributed by atoms with Crippen molar-refractivity contribution in [3.05, 3.63) is 34.9 Å². The average molecular weight is 178 g/mol. The molecule has 0 aromatic carbocycles. The molecule has 0 atom stereocenters. The van der Waals surface area contributed by atoms with Crippen molar-refractivity contribution in [2.24, 2.45) is 0 Å². The molecule has 0 fully saturated rings. The van der Waals surface area contributed by atoms with Gasteiger partial charge in [0.2, 0.25) is 0 Å². The van der Waals surface area contributed by atoms with E-state index in [1.165, 1.54) is 22.3 Å². The van der Waals surface area contributed by atoms with E-state index in [2.05, 4.69) is 41.2 Å². The van der Waals surface area contributed by atoms with Crippen LogP contribution in [0.15, 0.2) is 34.9 Å². The molecule has 0 unspecified atom stereocenters. The third-order valence-corrected chi connectivity index (χ3v) is 2.77. The Hall–Kier alpha value is -0.780. The van der Waals surface area contributed by atoms with Crippen molar-refractivity contribution >= 4 is 0 Å². The van der Waals surface area contributed by atoms with Gasteiger partial charge in [0, 0.05) is 0 Å². The third kappa shape index (κ3) is 3.22. The van der Waals surface area contributed by atoms with E-state index in [1.807, 2.05) is 6.08 Å². The minimum Gasteiger partial charge on any atom is -0.0985 e. The molecule has 0 heterocycles. The lowest BCUT2D eigenvalue weighted by atomic mass is 9.96. The Morgan fingerprint density at radius 2 is 1.46 bits per heavy atom. The van der Waals surface area contributed by atoms with E-state index < -0.39 is 0 Å². The van der Waals surface area contributed by atoms with Crippen molar-refractivity contribution in [3.8, 4) is 0 Å². The highest BCUT2D eigenvalue weighted by Crippen LogP contribution is 2.22. The van der Waals surface area contributed by atoms with Crippen LogP contribution >= 0.6 is 0 Å². The van der Waals surface area contributed by atoms with Gasteiger partial charge < -0.3 is 0 Å². The number of allylic oxidation sites excluding steroid dienone is 5. The molecule has 0 rings (SSSR count). The first kappa shape index (κ1) is 12.2. The number of hydrogen-bond donors (Lipinski definition) is 0. The zero-order valence-electron chi connectivity index (χ0n) is 9.70. The second kappa shape index (κ2) is 5.80. The fraction of sp³-hybridized carbons (Fsp3) is 0.538. The molecular formula is C13H22. The van der Waals surface area contributed by atoms with Crippen LogP contribution in [-0.2, 0) is 0 Å². The van der Waals surface area contributed by atoms with E-state index in [0.29, 0.717) is 0 Å². The summed E-state index contributed by atoms with van der Waals surface area (Å²) in [5, 5.41) is 0. The topological polar surface area (TPSA) is 0 Å². The fourth-order valence-electron chi connectivity index (χ4n) is 1.33. The minimum atomic E-state index is 1.11. The summed E-state index contributed by atoms with van der Waals surface area (Å²) in [6, 6.07) is 0. The van der Waals surface area contributed by atoms with E-state index >= 15 is 0 Å². The van der Waals surface area contributed by atoms with Crippen LogP contribution < -0.4 is 0 Å². The van der Waals surface area contributed by atoms with Crippen LogP contribution in [0.2, 0.25) is 0 Å². The molecule has 0 saturated heterocycles. The summed E-state index contributed by atoms with van der Waals surface area (Å²) in [6.07, 6.45) is 4.21. The number of rotatable bonds is 4. The van der Waals surface area contributed by atoms with E-state index in [-0.39, 0.29) is 0 Å². The smallest absolute Gasteiger partial charge is 0.0245 e. The summed E-state index contributed by atoms with van der Waals surface area (Å²) >= 11 is 0. The summed E-state index contributed by atoms with van der Waals surface area (Å²) in [5.41, 5.74) is 5.63. The van der Waals surface area contributed by atoms with Gasteiger partial charge in [0.1, 0.15) is 0 Å². The SMILES string of the molecule is C=CC(=C(C)CC)C(C)=C(C)CC. The van der Waals surface area contributed by atoms with Crippen molar-refractivity contribution < 1.29 is 0 Å². The van der Waals surface area contributed by atoms with Gasteiger partial charge in [-0.3, -0.25) is 0 Å². The Kier molecular flexibility index (Phi) is 5.45. The molecule has 0 nitrogen and oxygen atoms in total. The van der Waals surface area contributed by atoms with Gasteiger partial charge in [-0.15, -0.1) is 0 Å². The molecule has 0 aromatic rings. The van der Waals surface area contributed by atoms with Gasteiger partial charge in [0.05, 0.1) is 0 Å². The average Bonchev–Trinajstić information content (AvgIpc) is 2.17. The number of hydrogen-bond acceptors (Lipinski definition) is 0. The van der Waals surface area contributed by atoms with Crippen LogP contribution in [0.1, 0.15) is 47.5 Å². The first-order valence-corrected chi connectivity index (χ1v) is 5.07. The molecule has 0 aliphatic heterocycles. The van der Waals surface area contributed by atoms with Gasteiger partial charge in [0.25, 0.3) is 0 Å². The van der Waals surface area contributed by atoms with Gasteiger partial charge >= 0.3 is 0 Å². The highest BCUT2D eigenvalue weighted by Gasteiger charge is 2.02. The monoisotopic (exact) mass is 178 g/mol. The standard InChI is InChI=1S/C13H22/c1-7-10(4)12(6)13(9-3)11(5)8-2/h9H,3,7-8H2,1-2,4-6H3. The van der Waals surface area contributed by atoms with Crippen molar-refractivity contribution in [1.29, 1.82) is 0 Å². The van der Waals surface area contributed by atoms with E-state index in [0.717, 1.165) is 12.8 Å². The second-order valence-electron chi connectivity index (χ2n) is 3.51. The minimum absolute atomic E-state index is 1.11. The largest absolute Gasteiger partial charge is 0.0985 e. The molecular weight excluding hydrogens is 156 g/mol. The predicted molar refractivity (Wildman–Crippen MR) is 61.9 cm³/mol. The predicted octanol–water partition coefficient (Wildman–Crippen LogP) is 4.65. The molecule has 0 bridgehead atoms. The lowest BCUT2D eigenvalue weighted by molar-refractivity contribution is 1.03. The molecule has 0 saturated carbocycles. The van der Waals surface area contributed by atoms with E-state index in [1.54, 1.807) is 0 Å². The first-order chi connectivity index (χ1) is 6.08. The van der Waals surface area contributed by atoms with Crippen LogP contribution in [0.4, 0.5) is 0 Å². The van der Waals surface area contributed by atoms with Crippen LogP contribution in [0, 0.1) is 0 Å². The van der Waals surface area contributed by atoms with Gasteiger partial charge in [-0.1, -0.05) is 37.6 Å². The summed E-state index contributed by atoms with van der Waals surface area (Å²) in [4.78, 5) is 0. The Labute approximate surface area is 83.0 Å². The van der Waals surface area contributed by atoms with Crippen molar-refractivity contribution in [3.63, 3.8) is 0 Å². The van der Waals surface area contributed by atoms with Crippen molar-refractivity contribution in [1.82, 2.24) is 0 Å². The van der Waals surface area contributed by atoms with E-state index in [4.69, 9.17) is 0 Å². The quantitative estimate of drug-likeness (QED) is 0.550. The molecule has 0 radical (unpaired) electrons. The Morgan fingerprint density at radius 1 is 1.00 bits per heavy atom. The maximum atomic E-state index is 3.88. The first-order valence-electron chi connectivity index (χ1n) is 5.07. The maximum absolute atomic E-state index is 3.88. The third-order valence-electron chi connectivity index (χ3n) is 2.77. The molecule has 0 spiro atoms. The molecule has 0 amide bonds. The molecule has 74 valence electrons. The van der Waals surface area contributed by atoms with Crippen molar-refractivity contribution in [2.75, 3.05) is 0 Å². The van der Waals surface area contributed by atoms with Gasteiger partial charge in [-0.05, 0) is 44.8 Å². The van der Waals surface area contributed by atoms with Gasteiger partial charge in [-0.25, -0.2) is 0 Å². The summed E-state index contributed by atoms with van der Waals surface area (Å²) in [7, 11) is 0. The van der Waals surface area contributed by atoms with Crippen molar-refractivity contribution in [2.45, 2.75) is 47.5 Å². The molecule has 0 heteroatoms. The Bertz CT molecular complexity index is 239. The second-order valence-corrected chi connectivity index (χ2v) is 3.51. The molecule has 0 N–H and O–H groups in total. The highest BCUT2D eigenvalue weighted by molar-refractivity contribution is 5.43. The molecule has 13 heavy (non-hydrogen) atoms. The summed E-state index contributed by atoms with van der Waals surface area (Å²) in [6.45, 7) is 14.8. The summed E-state index contributed by atoms with van der Waals surface area (Å²) < 4.78 is 0. The van der Waals surface area contributed by atoms with Crippen LogP contribution in [0.25, 0.3) is 0 Å². The van der Waals surface area contributed by atoms with Gasteiger partial charge in [-0.2, -0.15) is 0 Å².